The van der Waals surface area contributed by atoms with Crippen LogP contribution in [0, 0.1) is 6.92 Å². The van der Waals surface area contributed by atoms with Crippen LogP contribution in [-0.2, 0) is 13.0 Å². The maximum Gasteiger partial charge on any atom is 0.253 e. The van der Waals surface area contributed by atoms with Crippen molar-refractivity contribution in [1.82, 2.24) is 14.9 Å². The average molecular weight is 377 g/mol. The molecule has 2 aromatic heterocycles. The number of pyridine rings is 1. The first-order valence-electron chi connectivity index (χ1n) is 9.92. The van der Waals surface area contributed by atoms with Crippen molar-refractivity contribution in [3.05, 3.63) is 63.2 Å². The van der Waals surface area contributed by atoms with Crippen LogP contribution in [0.2, 0.25) is 0 Å². The Labute approximate surface area is 166 Å². The molecule has 5 nitrogen and oxygen atoms in total. The van der Waals surface area contributed by atoms with Crippen molar-refractivity contribution in [2.45, 2.75) is 53.1 Å². The lowest BCUT2D eigenvalue weighted by atomic mass is 9.92. The number of fused-ring (bicyclic) bond motifs is 1. The van der Waals surface area contributed by atoms with Gasteiger partial charge in [-0.3, -0.25) is 9.59 Å². The molecule has 0 spiro atoms. The van der Waals surface area contributed by atoms with E-state index < -0.39 is 0 Å². The summed E-state index contributed by atoms with van der Waals surface area (Å²) in [5.74, 6) is -0.155. The Morgan fingerprint density at radius 1 is 1.29 bits per heavy atom. The minimum Gasteiger partial charge on any atom is -0.348 e. The van der Waals surface area contributed by atoms with E-state index in [-0.39, 0.29) is 18.0 Å². The molecule has 0 saturated heterocycles. The van der Waals surface area contributed by atoms with E-state index in [1.54, 1.807) is 0 Å². The molecule has 2 N–H and O–H groups in total. The molecule has 3 aromatic rings. The summed E-state index contributed by atoms with van der Waals surface area (Å²) in [5.41, 5.74) is 5.12. The molecule has 3 rings (SSSR count). The van der Waals surface area contributed by atoms with Crippen LogP contribution in [-0.4, -0.2) is 23.3 Å². The van der Waals surface area contributed by atoms with Gasteiger partial charge >= 0.3 is 0 Å². The first kappa shape index (κ1) is 20.0. The van der Waals surface area contributed by atoms with Gasteiger partial charge in [0.25, 0.3) is 11.5 Å². The molecule has 0 aliphatic carbocycles. The Morgan fingerprint density at radius 2 is 2.04 bits per heavy atom. The zero-order chi connectivity index (χ0) is 20.4. The molecule has 0 bridgehead atoms. The van der Waals surface area contributed by atoms with Gasteiger partial charge in [0.2, 0.25) is 0 Å². The number of aromatic amines is 1. The van der Waals surface area contributed by atoms with Crippen LogP contribution in [0.5, 0.6) is 0 Å². The summed E-state index contributed by atoms with van der Waals surface area (Å²) >= 11 is 0. The molecule has 1 amide bonds. The highest BCUT2D eigenvalue weighted by molar-refractivity contribution is 6.34. The van der Waals surface area contributed by atoms with Gasteiger partial charge in [-0.1, -0.05) is 24.9 Å². The minimum atomic E-state index is -0.155. The highest BCUT2D eigenvalue weighted by Gasteiger charge is 2.16. The molecule has 0 fully saturated rings. The summed E-state index contributed by atoms with van der Waals surface area (Å²) in [4.78, 5) is 28.2. The quantitative estimate of drug-likeness (QED) is 0.648. The van der Waals surface area contributed by atoms with Gasteiger partial charge in [-0.05, 0) is 51.0 Å². The number of nitrogens with zero attached hydrogens (tertiary/aromatic N) is 1. The van der Waals surface area contributed by atoms with Crippen LogP contribution >= 0.6 is 0 Å². The first-order valence-corrected chi connectivity index (χ1v) is 9.92. The van der Waals surface area contributed by atoms with Crippen molar-refractivity contribution in [2.75, 3.05) is 0 Å². The van der Waals surface area contributed by atoms with Crippen molar-refractivity contribution < 1.29 is 4.79 Å². The van der Waals surface area contributed by atoms with Crippen LogP contribution in [0.15, 0.2) is 35.3 Å². The molecule has 0 unspecified atom stereocenters. The summed E-state index contributed by atoms with van der Waals surface area (Å²) < 4.78 is 2.17. The average Bonchev–Trinajstić information content (AvgIpc) is 3.04. The van der Waals surface area contributed by atoms with Crippen LogP contribution in [0.25, 0.3) is 10.9 Å². The second-order valence-corrected chi connectivity index (χ2v) is 7.78. The van der Waals surface area contributed by atoms with Crippen LogP contribution in [0.1, 0.15) is 60.4 Å². The van der Waals surface area contributed by atoms with Gasteiger partial charge < -0.3 is 14.9 Å². The van der Waals surface area contributed by atoms with E-state index in [0.717, 1.165) is 40.5 Å². The Hall–Kier alpha value is -2.76. The summed E-state index contributed by atoms with van der Waals surface area (Å²) in [5, 5.41) is 3.90. The number of aryl methyl sites for hydroxylation is 2. The summed E-state index contributed by atoms with van der Waals surface area (Å²) in [7, 11) is 2.00. The van der Waals surface area contributed by atoms with Crippen molar-refractivity contribution >= 4 is 30.1 Å². The largest absolute Gasteiger partial charge is 0.348 e. The fourth-order valence-electron chi connectivity index (χ4n) is 3.78. The highest BCUT2D eigenvalue weighted by Crippen LogP contribution is 2.22. The van der Waals surface area contributed by atoms with E-state index in [4.69, 9.17) is 0 Å². The molecule has 0 radical (unpaired) electrons. The maximum absolute atomic E-state index is 13.0. The summed E-state index contributed by atoms with van der Waals surface area (Å²) in [6.45, 7) is 8.44. The van der Waals surface area contributed by atoms with Crippen LogP contribution in [0.3, 0.4) is 0 Å². The van der Waals surface area contributed by atoms with E-state index in [1.165, 1.54) is 0 Å². The fraction of sp³-hybridized carbons (Fsp3) is 0.364. The third-order valence-corrected chi connectivity index (χ3v) is 5.09. The number of amides is 1. The number of H-pyrrole nitrogens is 1. The van der Waals surface area contributed by atoms with E-state index in [1.807, 2.05) is 39.2 Å². The molecule has 1 aromatic carbocycles. The van der Waals surface area contributed by atoms with Gasteiger partial charge in [-0.15, -0.1) is 0 Å². The number of hydrogen-bond donors (Lipinski definition) is 2. The van der Waals surface area contributed by atoms with E-state index in [9.17, 15) is 9.59 Å². The zero-order valence-corrected chi connectivity index (χ0v) is 17.3. The Balaban J connectivity index is 1.92. The zero-order valence-electron chi connectivity index (χ0n) is 17.3. The van der Waals surface area contributed by atoms with Crippen molar-refractivity contribution in [1.29, 1.82) is 0 Å². The fourth-order valence-corrected chi connectivity index (χ4v) is 3.78. The van der Waals surface area contributed by atoms with Crippen molar-refractivity contribution in [2.24, 2.45) is 0 Å². The molecule has 0 aliphatic heterocycles. The second-order valence-electron chi connectivity index (χ2n) is 7.78. The second kappa shape index (κ2) is 8.09. The lowest BCUT2D eigenvalue weighted by Crippen LogP contribution is -2.29. The lowest BCUT2D eigenvalue weighted by Gasteiger charge is -2.13. The third-order valence-electron chi connectivity index (χ3n) is 5.09. The molecule has 28 heavy (non-hydrogen) atoms. The Morgan fingerprint density at radius 3 is 2.71 bits per heavy atom. The predicted octanol–water partition coefficient (Wildman–Crippen LogP) is 2.36. The summed E-state index contributed by atoms with van der Waals surface area (Å²) in [6, 6.07) is 8.33. The van der Waals surface area contributed by atoms with E-state index in [2.05, 4.69) is 41.7 Å². The van der Waals surface area contributed by atoms with E-state index >= 15 is 0 Å². The third kappa shape index (κ3) is 3.91. The molecule has 0 atom stereocenters. The number of hydrogen-bond acceptors (Lipinski definition) is 2. The number of carbonyl (C=O) groups is 1. The predicted molar refractivity (Wildman–Crippen MR) is 117 cm³/mol. The monoisotopic (exact) mass is 377 g/mol. The van der Waals surface area contributed by atoms with Crippen molar-refractivity contribution in [3.63, 3.8) is 0 Å². The number of benzene rings is 1. The molecule has 146 valence electrons. The van der Waals surface area contributed by atoms with E-state index in [0.29, 0.717) is 17.2 Å². The minimum absolute atomic E-state index is 0.121. The first-order chi connectivity index (χ1) is 13.3. The lowest BCUT2D eigenvalue weighted by molar-refractivity contribution is 0.0952. The Bertz CT molecular complexity index is 1080. The molecule has 0 saturated carbocycles. The Kier molecular flexibility index (Phi) is 5.77. The highest BCUT2D eigenvalue weighted by atomic mass is 16.1. The molecule has 2 heterocycles. The smallest absolute Gasteiger partial charge is 0.253 e. The number of nitrogens with one attached hydrogen (secondary N) is 2. The van der Waals surface area contributed by atoms with Crippen molar-refractivity contribution in [3.8, 4) is 0 Å². The number of carbonyl (C=O) groups excluding carboxylic acids is 1. The van der Waals surface area contributed by atoms with Gasteiger partial charge in [0.05, 0.1) is 0 Å². The number of rotatable bonds is 6. The normalized spacial score (nSPS) is 11.3. The van der Waals surface area contributed by atoms with Gasteiger partial charge in [-0.2, -0.15) is 0 Å². The van der Waals surface area contributed by atoms with Gasteiger partial charge in [0, 0.05) is 46.5 Å². The van der Waals surface area contributed by atoms with Crippen LogP contribution < -0.4 is 16.3 Å². The molecular weight excluding hydrogens is 349 g/mol. The topological polar surface area (TPSA) is 66.9 Å². The summed E-state index contributed by atoms with van der Waals surface area (Å²) in [6.07, 6.45) is 3.79. The number of aromatic nitrogens is 2. The molecular formula is C22H28BN3O2. The SMILES string of the molecule is Bc1cc(C(=O)NCc2c(CCC)cc(C)[nH]c2=O)c2ccn(C(C)C)c2c1. The standard InChI is InChI=1S/C22H28BN3O2/c1-5-6-15-9-14(4)25-22(28)19(15)12-24-21(27)18-10-16(23)11-20-17(18)7-8-26(20)13(2)3/h7-11,13H,5-6,12,23H2,1-4H3,(H,24,27)(H,25,28). The van der Waals surface area contributed by atoms with Crippen LogP contribution in [0.4, 0.5) is 0 Å². The molecule has 6 heteroatoms. The molecule has 0 aliphatic rings. The van der Waals surface area contributed by atoms with Gasteiger partial charge in [0.15, 0.2) is 0 Å². The van der Waals surface area contributed by atoms with Gasteiger partial charge in [-0.25, -0.2) is 0 Å². The maximum atomic E-state index is 13.0. The van der Waals surface area contributed by atoms with Gasteiger partial charge in [0.1, 0.15) is 7.85 Å².